The maximum absolute atomic E-state index is 6.59. The van der Waals surface area contributed by atoms with Crippen LogP contribution in [0.15, 0.2) is 108 Å². The lowest BCUT2D eigenvalue weighted by Gasteiger charge is -2.35. The molecule has 5 aromatic rings. The zero-order valence-electron chi connectivity index (χ0n) is 37.4. The first-order valence-electron chi connectivity index (χ1n) is 21.8. The summed E-state index contributed by atoms with van der Waals surface area (Å²) in [6, 6.07) is 40.5. The van der Waals surface area contributed by atoms with Gasteiger partial charge in [-0.1, -0.05) is 180 Å². The minimum atomic E-state index is -0.951. The molecule has 5 aromatic carbocycles. The van der Waals surface area contributed by atoms with Crippen molar-refractivity contribution in [3.05, 3.63) is 159 Å². The molecule has 1 aliphatic heterocycles. The van der Waals surface area contributed by atoms with Gasteiger partial charge in [-0.3, -0.25) is 0 Å². The molecular weight excluding hydrogens is 722 g/mol. The fourth-order valence-electron chi connectivity index (χ4n) is 9.73. The number of aliphatic imine (C=N–C) groups is 1. The average molecular weight is 788 g/mol. The maximum atomic E-state index is 6.59. The number of rotatable bonds is 6. The molecule has 2 atom stereocenters. The van der Waals surface area contributed by atoms with Crippen LogP contribution in [0.2, 0.25) is 0 Å². The van der Waals surface area contributed by atoms with E-state index in [4.69, 9.17) is 9.73 Å². The summed E-state index contributed by atoms with van der Waals surface area (Å²) < 4.78 is 6.59. The molecule has 0 bridgehead atoms. The lowest BCUT2D eigenvalue weighted by Crippen LogP contribution is -2.34. The molecule has 0 unspecified atom stereocenters. The minimum absolute atomic E-state index is 0.0143. The van der Waals surface area contributed by atoms with Crippen molar-refractivity contribution in [2.24, 2.45) is 4.99 Å². The van der Waals surface area contributed by atoms with Crippen molar-refractivity contribution in [1.82, 2.24) is 0 Å². The summed E-state index contributed by atoms with van der Waals surface area (Å²) in [6.45, 7) is 29.2. The maximum Gasteiger partial charge on any atom is 0.216 e. The Labute approximate surface area is 351 Å². The Morgan fingerprint density at radius 2 is 1.05 bits per heavy atom. The van der Waals surface area contributed by atoms with Gasteiger partial charge < -0.3 is 4.74 Å². The average Bonchev–Trinajstić information content (AvgIpc) is 3.89. The van der Waals surface area contributed by atoms with Crippen molar-refractivity contribution < 1.29 is 4.74 Å². The Hall–Kier alpha value is -4.00. The summed E-state index contributed by atoms with van der Waals surface area (Å²) in [6.07, 6.45) is 5.32. The van der Waals surface area contributed by atoms with Crippen molar-refractivity contribution in [2.75, 3.05) is 6.61 Å². The molecule has 302 valence electrons. The van der Waals surface area contributed by atoms with Gasteiger partial charge in [0.2, 0.25) is 5.90 Å². The standard InChI is InChI=1S/C55H66NOP/c1-51(2,3)39-29-40(52(4,5)6)32-44(31-39)58(45-33-41(53(7,8)9)30-42(34-45)54(10,11)12)47-23-17-21-38-25-27-55(49(38)47)26-24-37-20-16-22-46(48(37)55)50-56-43(35-57-50)28-36-18-14-13-15-19-36/h13-23,29-34,43H,24-28,35H2,1-12H3/t43-,55+/m0/s1. The van der Waals surface area contributed by atoms with Crippen LogP contribution in [0, 0.1) is 0 Å². The zero-order valence-corrected chi connectivity index (χ0v) is 38.3. The highest BCUT2D eigenvalue weighted by Crippen LogP contribution is 2.55. The van der Waals surface area contributed by atoms with E-state index in [-0.39, 0.29) is 33.1 Å². The second-order valence-corrected chi connectivity index (χ2v) is 23.9. The summed E-state index contributed by atoms with van der Waals surface area (Å²) in [4.78, 5) is 5.32. The highest BCUT2D eigenvalue weighted by molar-refractivity contribution is 7.80. The topological polar surface area (TPSA) is 21.6 Å². The Morgan fingerprint density at radius 1 is 0.569 bits per heavy atom. The molecule has 0 fully saturated rings. The van der Waals surface area contributed by atoms with Crippen LogP contribution in [0.25, 0.3) is 0 Å². The molecule has 0 saturated heterocycles. The first kappa shape index (κ1) is 40.8. The van der Waals surface area contributed by atoms with Gasteiger partial charge in [0.15, 0.2) is 0 Å². The van der Waals surface area contributed by atoms with Crippen molar-refractivity contribution in [2.45, 2.75) is 148 Å². The number of fused-ring (bicyclic) bond motifs is 4. The Morgan fingerprint density at radius 3 is 1.55 bits per heavy atom. The monoisotopic (exact) mass is 787 g/mol. The summed E-state index contributed by atoms with van der Waals surface area (Å²) in [5, 5.41) is 4.46. The molecule has 58 heavy (non-hydrogen) atoms. The van der Waals surface area contributed by atoms with E-state index in [0.29, 0.717) is 6.61 Å². The van der Waals surface area contributed by atoms with Crippen LogP contribution in [0.4, 0.5) is 0 Å². The molecule has 0 amide bonds. The van der Waals surface area contributed by atoms with Gasteiger partial charge in [-0.15, -0.1) is 0 Å². The molecule has 2 aliphatic carbocycles. The Bertz CT molecular complexity index is 2230. The smallest absolute Gasteiger partial charge is 0.216 e. The van der Waals surface area contributed by atoms with Crippen LogP contribution in [-0.4, -0.2) is 18.5 Å². The fourth-order valence-corrected chi connectivity index (χ4v) is 12.5. The summed E-state index contributed by atoms with van der Waals surface area (Å²) >= 11 is 0. The molecule has 0 radical (unpaired) electrons. The third-order valence-corrected chi connectivity index (χ3v) is 15.6. The van der Waals surface area contributed by atoms with Gasteiger partial charge in [0.25, 0.3) is 0 Å². The van der Waals surface area contributed by atoms with Crippen LogP contribution in [0.3, 0.4) is 0 Å². The number of aryl methyl sites for hydroxylation is 2. The van der Waals surface area contributed by atoms with E-state index in [1.165, 1.54) is 66.0 Å². The van der Waals surface area contributed by atoms with E-state index in [9.17, 15) is 0 Å². The molecule has 0 saturated carbocycles. The van der Waals surface area contributed by atoms with Gasteiger partial charge in [0.1, 0.15) is 6.61 Å². The largest absolute Gasteiger partial charge is 0.475 e. The van der Waals surface area contributed by atoms with Crippen molar-refractivity contribution in [1.29, 1.82) is 0 Å². The van der Waals surface area contributed by atoms with Crippen molar-refractivity contribution in [3.8, 4) is 0 Å². The molecule has 1 heterocycles. The van der Waals surface area contributed by atoms with Gasteiger partial charge in [-0.25, -0.2) is 4.99 Å². The fraction of sp³-hybridized carbons (Fsp3) is 0.436. The highest BCUT2D eigenvalue weighted by Gasteiger charge is 2.49. The molecule has 3 aliphatic rings. The molecule has 2 nitrogen and oxygen atoms in total. The third kappa shape index (κ3) is 7.65. The van der Waals surface area contributed by atoms with Gasteiger partial charge in [0, 0.05) is 11.0 Å². The number of nitrogens with zero attached hydrogens (tertiary/aromatic N) is 1. The first-order chi connectivity index (χ1) is 27.2. The second kappa shape index (κ2) is 14.6. The second-order valence-electron chi connectivity index (χ2n) is 21.7. The van der Waals surface area contributed by atoms with Crippen molar-refractivity contribution in [3.63, 3.8) is 0 Å². The molecular formula is C55H66NOP. The zero-order chi connectivity index (χ0) is 41.4. The van der Waals surface area contributed by atoms with Crippen LogP contribution in [0.5, 0.6) is 0 Å². The lowest BCUT2D eigenvalue weighted by atomic mass is 9.74. The number of ether oxygens (including phenoxy) is 1. The third-order valence-electron chi connectivity index (χ3n) is 13.2. The molecule has 0 aromatic heterocycles. The number of benzene rings is 5. The van der Waals surface area contributed by atoms with E-state index < -0.39 is 7.92 Å². The van der Waals surface area contributed by atoms with Gasteiger partial charge >= 0.3 is 0 Å². The van der Waals surface area contributed by atoms with E-state index in [0.717, 1.165) is 38.0 Å². The van der Waals surface area contributed by atoms with Crippen LogP contribution in [0.1, 0.15) is 152 Å². The predicted octanol–water partition coefficient (Wildman–Crippen LogP) is 12.2. The Kier molecular flexibility index (Phi) is 10.3. The summed E-state index contributed by atoms with van der Waals surface area (Å²) in [7, 11) is -0.951. The highest BCUT2D eigenvalue weighted by atomic mass is 31.1. The van der Waals surface area contributed by atoms with E-state index in [1.54, 1.807) is 5.56 Å². The first-order valence-corrected chi connectivity index (χ1v) is 23.2. The normalized spacial score (nSPS) is 19.4. The summed E-state index contributed by atoms with van der Waals surface area (Å²) in [5.41, 5.74) is 14.2. The van der Waals surface area contributed by atoms with E-state index >= 15 is 0 Å². The van der Waals surface area contributed by atoms with Gasteiger partial charge in [-0.2, -0.15) is 0 Å². The lowest BCUT2D eigenvalue weighted by molar-refractivity contribution is 0.316. The molecule has 8 rings (SSSR count). The molecule has 3 heteroatoms. The van der Waals surface area contributed by atoms with Gasteiger partial charge in [0.05, 0.1) is 6.04 Å². The van der Waals surface area contributed by atoms with E-state index in [1.807, 2.05) is 0 Å². The van der Waals surface area contributed by atoms with Crippen LogP contribution < -0.4 is 15.9 Å². The quantitative estimate of drug-likeness (QED) is 0.157. The molecule has 0 N–H and O–H groups in total. The molecule has 1 spiro atoms. The van der Waals surface area contributed by atoms with Gasteiger partial charge in [-0.05, 0) is 134 Å². The number of hydrogen-bond donors (Lipinski definition) is 0. The van der Waals surface area contributed by atoms with Crippen LogP contribution >= 0.6 is 7.92 Å². The SMILES string of the molecule is CC(C)(C)c1cc(P(c2cc(C(C)(C)C)cc(C(C)(C)C)c2)c2cccc3c2[C@]2(CCc4cccc(C5=N[C@@H](Cc6ccccc6)CO5)c42)CC3)cc(C(C)(C)C)c1. The summed E-state index contributed by atoms with van der Waals surface area (Å²) in [5.74, 6) is 0.840. The van der Waals surface area contributed by atoms with Crippen molar-refractivity contribution >= 4 is 29.7 Å². The minimum Gasteiger partial charge on any atom is -0.475 e. The number of hydrogen-bond acceptors (Lipinski definition) is 2. The Balaban J connectivity index is 1.37. The van der Waals surface area contributed by atoms with E-state index in [2.05, 4.69) is 186 Å². The predicted molar refractivity (Wildman–Crippen MR) is 250 cm³/mol. The van der Waals surface area contributed by atoms with Crippen LogP contribution in [-0.2, 0) is 51.1 Å².